The van der Waals surface area contributed by atoms with Crippen molar-refractivity contribution in [1.29, 1.82) is 0 Å². The predicted octanol–water partition coefficient (Wildman–Crippen LogP) is 1.97. The molecule has 110 valence electrons. The molecule has 2 amide bonds. The van der Waals surface area contributed by atoms with Gasteiger partial charge in [0.2, 0.25) is 0 Å². The van der Waals surface area contributed by atoms with Crippen molar-refractivity contribution in [3.05, 3.63) is 35.9 Å². The normalized spacial score (nSPS) is 25.4. The Kier molecular flexibility index (Phi) is 4.98. The van der Waals surface area contributed by atoms with Gasteiger partial charge in [-0.05, 0) is 18.4 Å². The lowest BCUT2D eigenvalue weighted by molar-refractivity contribution is 0.0446. The number of urea groups is 1. The zero-order chi connectivity index (χ0) is 14.4. The van der Waals surface area contributed by atoms with Crippen LogP contribution >= 0.6 is 0 Å². The van der Waals surface area contributed by atoms with Crippen LogP contribution in [-0.4, -0.2) is 23.8 Å². The Hall–Kier alpha value is -1.59. The van der Waals surface area contributed by atoms with Gasteiger partial charge in [-0.15, -0.1) is 0 Å². The van der Waals surface area contributed by atoms with Crippen molar-refractivity contribution in [2.45, 2.75) is 38.8 Å². The van der Waals surface area contributed by atoms with E-state index in [4.69, 9.17) is 4.84 Å². The molecule has 0 aromatic heterocycles. The van der Waals surface area contributed by atoms with Crippen LogP contribution in [0.15, 0.2) is 30.3 Å². The molecule has 1 saturated carbocycles. The molecule has 0 saturated heterocycles. The Morgan fingerprint density at radius 2 is 2.20 bits per heavy atom. The number of hydrogen-bond donors (Lipinski definition) is 3. The Labute approximate surface area is 119 Å². The molecule has 1 aromatic carbocycles. The molecule has 2 rings (SSSR count). The summed E-state index contributed by atoms with van der Waals surface area (Å²) in [6, 6.07) is 9.27. The Morgan fingerprint density at radius 1 is 1.45 bits per heavy atom. The Morgan fingerprint density at radius 3 is 2.90 bits per heavy atom. The Balaban J connectivity index is 1.73. The average molecular weight is 278 g/mol. The number of aliphatic hydroxyl groups excluding tert-OH is 1. The van der Waals surface area contributed by atoms with Crippen molar-refractivity contribution in [3.63, 3.8) is 0 Å². The van der Waals surface area contributed by atoms with Gasteiger partial charge in [-0.25, -0.2) is 10.3 Å². The van der Waals surface area contributed by atoms with E-state index in [2.05, 4.69) is 10.8 Å². The van der Waals surface area contributed by atoms with E-state index in [9.17, 15) is 9.90 Å². The number of carbonyl (C=O) groups is 1. The number of hydrogen-bond acceptors (Lipinski definition) is 3. The summed E-state index contributed by atoms with van der Waals surface area (Å²) in [7, 11) is 0. The maximum Gasteiger partial charge on any atom is 0.338 e. The van der Waals surface area contributed by atoms with Gasteiger partial charge in [0.05, 0.1) is 13.2 Å². The molecule has 1 aromatic rings. The second-order valence-electron chi connectivity index (χ2n) is 5.61. The zero-order valence-corrected chi connectivity index (χ0v) is 11.8. The standard InChI is InChI=1S/C15H22N2O3/c1-15(11-18)9-5-8-13(15)16-14(19)17-20-10-12-6-3-2-4-7-12/h2-4,6-7,13,18H,5,8-11H2,1H3,(H2,16,17,19). The predicted molar refractivity (Wildman–Crippen MR) is 75.7 cm³/mol. The molecular formula is C15H22N2O3. The fourth-order valence-corrected chi connectivity index (χ4v) is 2.62. The summed E-state index contributed by atoms with van der Waals surface area (Å²) in [5, 5.41) is 12.3. The molecule has 2 atom stereocenters. The van der Waals surface area contributed by atoms with Gasteiger partial charge in [0.1, 0.15) is 0 Å². The second-order valence-corrected chi connectivity index (χ2v) is 5.61. The van der Waals surface area contributed by atoms with Gasteiger partial charge in [0, 0.05) is 11.5 Å². The van der Waals surface area contributed by atoms with Gasteiger partial charge < -0.3 is 10.4 Å². The molecule has 0 spiro atoms. The summed E-state index contributed by atoms with van der Waals surface area (Å²) in [4.78, 5) is 16.9. The van der Waals surface area contributed by atoms with Crippen LogP contribution in [0.25, 0.3) is 0 Å². The highest BCUT2D eigenvalue weighted by Gasteiger charge is 2.39. The maximum atomic E-state index is 11.8. The highest BCUT2D eigenvalue weighted by atomic mass is 16.7. The number of rotatable bonds is 5. The quantitative estimate of drug-likeness (QED) is 0.721. The van der Waals surface area contributed by atoms with Crippen molar-refractivity contribution in [2.24, 2.45) is 5.41 Å². The summed E-state index contributed by atoms with van der Waals surface area (Å²) in [6.45, 7) is 2.41. The molecule has 5 heteroatoms. The number of amides is 2. The summed E-state index contributed by atoms with van der Waals surface area (Å²) in [5.41, 5.74) is 3.16. The van der Waals surface area contributed by atoms with E-state index in [-0.39, 0.29) is 24.1 Å². The second kappa shape index (κ2) is 6.72. The van der Waals surface area contributed by atoms with Crippen LogP contribution in [0.2, 0.25) is 0 Å². The minimum atomic E-state index is -0.354. The zero-order valence-electron chi connectivity index (χ0n) is 11.8. The molecule has 2 unspecified atom stereocenters. The van der Waals surface area contributed by atoms with Crippen molar-refractivity contribution >= 4 is 6.03 Å². The first-order valence-electron chi connectivity index (χ1n) is 6.97. The fraction of sp³-hybridized carbons (Fsp3) is 0.533. The molecule has 20 heavy (non-hydrogen) atoms. The minimum Gasteiger partial charge on any atom is -0.396 e. The first kappa shape index (κ1) is 14.8. The van der Waals surface area contributed by atoms with Gasteiger partial charge in [-0.1, -0.05) is 43.7 Å². The van der Waals surface area contributed by atoms with Crippen molar-refractivity contribution in [1.82, 2.24) is 10.8 Å². The molecule has 0 heterocycles. The van der Waals surface area contributed by atoms with Crippen LogP contribution in [0.3, 0.4) is 0 Å². The lowest BCUT2D eigenvalue weighted by Gasteiger charge is -2.29. The lowest BCUT2D eigenvalue weighted by Crippen LogP contribution is -2.48. The van der Waals surface area contributed by atoms with E-state index >= 15 is 0 Å². The number of nitrogens with one attached hydrogen (secondary N) is 2. The first-order chi connectivity index (χ1) is 9.64. The lowest BCUT2D eigenvalue weighted by atomic mass is 9.86. The van der Waals surface area contributed by atoms with Gasteiger partial charge in [0.25, 0.3) is 0 Å². The minimum absolute atomic E-state index is 0.00664. The van der Waals surface area contributed by atoms with Gasteiger partial charge >= 0.3 is 6.03 Å². The largest absolute Gasteiger partial charge is 0.396 e. The number of benzene rings is 1. The summed E-state index contributed by atoms with van der Waals surface area (Å²) in [5.74, 6) is 0. The highest BCUT2D eigenvalue weighted by molar-refractivity contribution is 5.73. The third-order valence-corrected chi connectivity index (χ3v) is 4.00. The van der Waals surface area contributed by atoms with Crippen molar-refractivity contribution in [2.75, 3.05) is 6.61 Å². The third-order valence-electron chi connectivity index (χ3n) is 4.00. The van der Waals surface area contributed by atoms with Gasteiger partial charge in [-0.3, -0.25) is 4.84 Å². The molecule has 3 N–H and O–H groups in total. The summed E-state index contributed by atoms with van der Waals surface area (Å²) >= 11 is 0. The van der Waals surface area contributed by atoms with E-state index in [1.165, 1.54) is 0 Å². The van der Waals surface area contributed by atoms with E-state index in [1.54, 1.807) is 0 Å². The van der Waals surface area contributed by atoms with E-state index in [0.29, 0.717) is 6.61 Å². The monoisotopic (exact) mass is 278 g/mol. The van der Waals surface area contributed by atoms with E-state index in [1.807, 2.05) is 37.3 Å². The van der Waals surface area contributed by atoms with Crippen molar-refractivity contribution in [3.8, 4) is 0 Å². The molecule has 0 aliphatic heterocycles. The summed E-state index contributed by atoms with van der Waals surface area (Å²) < 4.78 is 0. The van der Waals surface area contributed by atoms with Crippen LogP contribution in [0.5, 0.6) is 0 Å². The molecule has 1 aliphatic carbocycles. The van der Waals surface area contributed by atoms with Crippen LogP contribution in [0.4, 0.5) is 4.79 Å². The number of hydroxylamine groups is 1. The highest BCUT2D eigenvalue weighted by Crippen LogP contribution is 2.37. The maximum absolute atomic E-state index is 11.8. The van der Waals surface area contributed by atoms with Crippen molar-refractivity contribution < 1.29 is 14.7 Å². The molecule has 0 bridgehead atoms. The van der Waals surface area contributed by atoms with Crippen LogP contribution < -0.4 is 10.8 Å². The first-order valence-corrected chi connectivity index (χ1v) is 6.97. The molecular weight excluding hydrogens is 256 g/mol. The Bertz CT molecular complexity index is 438. The van der Waals surface area contributed by atoms with Crippen LogP contribution in [0.1, 0.15) is 31.7 Å². The van der Waals surface area contributed by atoms with E-state index in [0.717, 1.165) is 24.8 Å². The fourth-order valence-electron chi connectivity index (χ4n) is 2.62. The smallest absolute Gasteiger partial charge is 0.338 e. The molecule has 1 fully saturated rings. The van der Waals surface area contributed by atoms with E-state index < -0.39 is 0 Å². The van der Waals surface area contributed by atoms with Crippen LogP contribution in [-0.2, 0) is 11.4 Å². The third kappa shape index (κ3) is 3.71. The SMILES string of the molecule is CC1(CO)CCCC1NC(=O)NOCc1ccccc1. The molecule has 0 radical (unpaired) electrons. The molecule has 1 aliphatic rings. The molecule has 5 nitrogen and oxygen atoms in total. The van der Waals surface area contributed by atoms with Gasteiger partial charge in [0.15, 0.2) is 0 Å². The topological polar surface area (TPSA) is 70.6 Å². The van der Waals surface area contributed by atoms with Gasteiger partial charge in [-0.2, -0.15) is 0 Å². The summed E-state index contributed by atoms with van der Waals surface area (Å²) in [6.07, 6.45) is 2.84. The number of aliphatic hydroxyl groups is 1. The van der Waals surface area contributed by atoms with Crippen LogP contribution in [0, 0.1) is 5.41 Å². The average Bonchev–Trinajstić information content (AvgIpc) is 2.82. The number of carbonyl (C=O) groups excluding carboxylic acids is 1.